The molecule has 1 aromatic heterocycles. The van der Waals surface area contributed by atoms with Crippen LogP contribution in [0.3, 0.4) is 0 Å². The van der Waals surface area contributed by atoms with Gasteiger partial charge in [-0.1, -0.05) is 6.07 Å². The summed E-state index contributed by atoms with van der Waals surface area (Å²) >= 11 is 1.38. The Morgan fingerprint density at radius 2 is 2.25 bits per heavy atom. The molecule has 1 amide bonds. The van der Waals surface area contributed by atoms with Gasteiger partial charge in [0.2, 0.25) is 0 Å². The van der Waals surface area contributed by atoms with Crippen LogP contribution in [0.25, 0.3) is 0 Å². The second kappa shape index (κ2) is 7.38. The van der Waals surface area contributed by atoms with E-state index in [9.17, 15) is 13.6 Å². The van der Waals surface area contributed by atoms with Gasteiger partial charge in [0.25, 0.3) is 5.91 Å². The summed E-state index contributed by atoms with van der Waals surface area (Å²) in [5, 5.41) is 0. The summed E-state index contributed by atoms with van der Waals surface area (Å²) in [6.07, 6.45) is 3.36. The number of aromatic nitrogens is 1. The number of rotatable bonds is 4. The van der Waals surface area contributed by atoms with E-state index in [1.807, 2.05) is 11.8 Å². The van der Waals surface area contributed by atoms with Crippen molar-refractivity contribution >= 4 is 17.2 Å². The molecule has 3 rings (SSSR count). The van der Waals surface area contributed by atoms with Gasteiger partial charge >= 0.3 is 0 Å². The molecule has 24 heavy (non-hydrogen) atoms. The van der Waals surface area contributed by atoms with Crippen molar-refractivity contribution in [2.45, 2.75) is 32.6 Å². The van der Waals surface area contributed by atoms with E-state index in [2.05, 4.69) is 4.98 Å². The van der Waals surface area contributed by atoms with Crippen LogP contribution in [0.4, 0.5) is 8.78 Å². The monoisotopic (exact) mass is 350 g/mol. The summed E-state index contributed by atoms with van der Waals surface area (Å²) in [7, 11) is 0. The molecule has 1 aromatic carbocycles. The molecule has 1 fully saturated rings. The molecule has 1 aliphatic heterocycles. The fraction of sp³-hybridized carbons (Fsp3) is 0.444. The molecule has 2 heterocycles. The molecule has 0 N–H and O–H groups in total. The number of aryl methyl sites for hydroxylation is 2. The molecule has 1 aliphatic rings. The van der Waals surface area contributed by atoms with E-state index in [1.54, 1.807) is 5.51 Å². The standard InChI is InChI=1S/C18H20F2N2OS/c1-12-17(24-11-21-12)18(23)22-8-2-3-13(10-22)4-5-14-6-7-15(19)9-16(14)20/h6-7,9,11,13H,2-5,8,10H2,1H3. The van der Waals surface area contributed by atoms with Gasteiger partial charge in [-0.25, -0.2) is 13.8 Å². The summed E-state index contributed by atoms with van der Waals surface area (Å²) in [5.74, 6) is -0.641. The fourth-order valence-corrected chi connectivity index (χ4v) is 3.99. The van der Waals surface area contributed by atoms with E-state index < -0.39 is 11.6 Å². The minimum Gasteiger partial charge on any atom is -0.338 e. The number of likely N-dealkylation sites (tertiary alicyclic amines) is 1. The fourth-order valence-electron chi connectivity index (χ4n) is 3.22. The zero-order chi connectivity index (χ0) is 17.1. The van der Waals surface area contributed by atoms with Gasteiger partial charge in [0.05, 0.1) is 11.2 Å². The van der Waals surface area contributed by atoms with Crippen LogP contribution >= 0.6 is 11.3 Å². The minimum atomic E-state index is -0.550. The molecular formula is C18H20F2N2OS. The third kappa shape index (κ3) is 3.80. The average Bonchev–Trinajstić information content (AvgIpc) is 3.00. The largest absolute Gasteiger partial charge is 0.338 e. The molecule has 6 heteroatoms. The number of carbonyl (C=O) groups excluding carboxylic acids is 1. The molecule has 1 unspecified atom stereocenters. The quantitative estimate of drug-likeness (QED) is 0.827. The number of halogens is 2. The molecule has 0 saturated carbocycles. The van der Waals surface area contributed by atoms with E-state index in [1.165, 1.54) is 23.5 Å². The Labute approximate surface area is 144 Å². The summed E-state index contributed by atoms with van der Waals surface area (Å²) in [6.45, 7) is 3.30. The third-order valence-electron chi connectivity index (χ3n) is 4.58. The lowest BCUT2D eigenvalue weighted by Crippen LogP contribution is -2.40. The second-order valence-electron chi connectivity index (χ2n) is 6.30. The van der Waals surface area contributed by atoms with E-state index in [4.69, 9.17) is 0 Å². The molecule has 1 saturated heterocycles. The molecule has 0 spiro atoms. The molecule has 0 radical (unpaired) electrons. The Balaban J connectivity index is 1.59. The normalized spacial score (nSPS) is 18.0. The first-order valence-corrected chi connectivity index (χ1v) is 9.06. The highest BCUT2D eigenvalue weighted by atomic mass is 32.1. The Bertz CT molecular complexity index is 732. The highest BCUT2D eigenvalue weighted by Gasteiger charge is 2.26. The molecule has 128 valence electrons. The van der Waals surface area contributed by atoms with Gasteiger partial charge in [-0.3, -0.25) is 4.79 Å². The predicted molar refractivity (Wildman–Crippen MR) is 90.2 cm³/mol. The maximum Gasteiger partial charge on any atom is 0.265 e. The molecular weight excluding hydrogens is 330 g/mol. The SMILES string of the molecule is Cc1ncsc1C(=O)N1CCCC(CCc2ccc(F)cc2F)C1. The van der Waals surface area contributed by atoms with E-state index >= 15 is 0 Å². The minimum absolute atomic E-state index is 0.0488. The van der Waals surface area contributed by atoms with Crippen LogP contribution in [0.15, 0.2) is 23.7 Å². The van der Waals surface area contributed by atoms with Crippen LogP contribution in [0.2, 0.25) is 0 Å². The lowest BCUT2D eigenvalue weighted by molar-refractivity contribution is 0.0672. The number of hydrogen-bond acceptors (Lipinski definition) is 3. The van der Waals surface area contributed by atoms with Gasteiger partial charge < -0.3 is 4.90 Å². The number of thiazole rings is 1. The zero-order valence-corrected chi connectivity index (χ0v) is 14.4. The topological polar surface area (TPSA) is 33.2 Å². The van der Waals surface area contributed by atoms with Crippen molar-refractivity contribution in [2.24, 2.45) is 5.92 Å². The summed E-state index contributed by atoms with van der Waals surface area (Å²) in [4.78, 5) is 19.3. The lowest BCUT2D eigenvalue weighted by atomic mass is 9.91. The molecule has 2 aromatic rings. The number of nitrogens with zero attached hydrogens (tertiary/aromatic N) is 2. The van der Waals surface area contributed by atoms with Crippen LogP contribution < -0.4 is 0 Å². The van der Waals surface area contributed by atoms with Crippen LogP contribution in [-0.4, -0.2) is 28.9 Å². The molecule has 3 nitrogen and oxygen atoms in total. The van der Waals surface area contributed by atoms with Crippen LogP contribution in [0.5, 0.6) is 0 Å². The van der Waals surface area contributed by atoms with Crippen LogP contribution in [0, 0.1) is 24.5 Å². The number of hydrogen-bond donors (Lipinski definition) is 0. The molecule has 0 aliphatic carbocycles. The summed E-state index contributed by atoms with van der Waals surface area (Å²) in [5.41, 5.74) is 3.01. The van der Waals surface area contributed by atoms with E-state index in [0.29, 0.717) is 29.3 Å². The average molecular weight is 350 g/mol. The highest BCUT2D eigenvalue weighted by molar-refractivity contribution is 7.11. The number of piperidine rings is 1. The smallest absolute Gasteiger partial charge is 0.265 e. The zero-order valence-electron chi connectivity index (χ0n) is 13.6. The first-order valence-electron chi connectivity index (χ1n) is 8.18. The summed E-state index contributed by atoms with van der Waals surface area (Å²) < 4.78 is 26.7. The van der Waals surface area contributed by atoms with Crippen molar-refractivity contribution in [3.63, 3.8) is 0 Å². The van der Waals surface area contributed by atoms with Gasteiger partial charge in [-0.15, -0.1) is 11.3 Å². The van der Waals surface area contributed by atoms with E-state index in [-0.39, 0.29) is 5.91 Å². The van der Waals surface area contributed by atoms with Gasteiger partial charge in [0.1, 0.15) is 16.5 Å². The first kappa shape index (κ1) is 17.0. The second-order valence-corrected chi connectivity index (χ2v) is 7.16. The number of benzene rings is 1. The third-order valence-corrected chi connectivity index (χ3v) is 5.50. The highest BCUT2D eigenvalue weighted by Crippen LogP contribution is 2.25. The van der Waals surface area contributed by atoms with Crippen molar-refractivity contribution in [3.05, 3.63) is 51.5 Å². The van der Waals surface area contributed by atoms with Crippen molar-refractivity contribution in [2.75, 3.05) is 13.1 Å². The van der Waals surface area contributed by atoms with Crippen LogP contribution in [-0.2, 0) is 6.42 Å². The van der Waals surface area contributed by atoms with Crippen LogP contribution in [0.1, 0.15) is 40.2 Å². The van der Waals surface area contributed by atoms with Crippen molar-refractivity contribution in [1.29, 1.82) is 0 Å². The van der Waals surface area contributed by atoms with Gasteiger partial charge in [-0.2, -0.15) is 0 Å². The van der Waals surface area contributed by atoms with Crippen molar-refractivity contribution < 1.29 is 13.6 Å². The molecule has 0 bridgehead atoms. The Hall–Kier alpha value is -1.82. The Kier molecular flexibility index (Phi) is 5.23. The van der Waals surface area contributed by atoms with Gasteiger partial charge in [0, 0.05) is 19.2 Å². The number of amides is 1. The maximum absolute atomic E-state index is 13.7. The van der Waals surface area contributed by atoms with Gasteiger partial charge in [0.15, 0.2) is 0 Å². The van der Waals surface area contributed by atoms with Crippen molar-refractivity contribution in [3.8, 4) is 0 Å². The summed E-state index contributed by atoms with van der Waals surface area (Å²) in [6, 6.07) is 3.73. The predicted octanol–water partition coefficient (Wildman–Crippen LogP) is 4.21. The Morgan fingerprint density at radius 1 is 1.42 bits per heavy atom. The number of carbonyl (C=O) groups is 1. The van der Waals surface area contributed by atoms with E-state index in [0.717, 1.165) is 37.6 Å². The first-order chi connectivity index (χ1) is 11.5. The molecule has 1 atom stereocenters. The maximum atomic E-state index is 13.7. The Morgan fingerprint density at radius 3 is 2.96 bits per heavy atom. The van der Waals surface area contributed by atoms with Gasteiger partial charge in [-0.05, 0) is 50.2 Å². The lowest BCUT2D eigenvalue weighted by Gasteiger charge is -2.32. The van der Waals surface area contributed by atoms with Crippen molar-refractivity contribution in [1.82, 2.24) is 9.88 Å².